The smallest absolute Gasteiger partial charge is 0.247 e. The summed E-state index contributed by atoms with van der Waals surface area (Å²) in [6, 6.07) is 3.45. The highest BCUT2D eigenvalue weighted by Crippen LogP contribution is 2.13. The zero-order chi connectivity index (χ0) is 11.5. The molecule has 2 heterocycles. The topological polar surface area (TPSA) is 45.3 Å². The van der Waals surface area contributed by atoms with E-state index in [4.69, 9.17) is 4.74 Å². The number of hydrogen-bond donors (Lipinski definition) is 1. The van der Waals surface area contributed by atoms with Gasteiger partial charge in [-0.25, -0.2) is 0 Å². The van der Waals surface area contributed by atoms with Crippen molar-refractivity contribution in [2.24, 2.45) is 0 Å². The third kappa shape index (κ3) is 2.93. The minimum atomic E-state index is -0.0486. The lowest BCUT2D eigenvalue weighted by Gasteiger charge is -2.35. The molecule has 1 aliphatic heterocycles. The van der Waals surface area contributed by atoms with Gasteiger partial charge in [-0.3, -0.25) is 9.69 Å². The van der Waals surface area contributed by atoms with Crippen molar-refractivity contribution < 1.29 is 4.74 Å². The molecule has 1 aliphatic rings. The Morgan fingerprint density at radius 3 is 2.62 bits per heavy atom. The molecule has 0 bridgehead atoms. The second-order valence-electron chi connectivity index (χ2n) is 4.51. The average Bonchev–Trinajstić information content (AvgIpc) is 2.20. The van der Waals surface area contributed by atoms with Crippen LogP contribution in [0.3, 0.4) is 0 Å². The summed E-state index contributed by atoms with van der Waals surface area (Å²) in [5.74, 6) is 0. The number of aromatic nitrogens is 1. The van der Waals surface area contributed by atoms with Gasteiger partial charge in [0.1, 0.15) is 0 Å². The molecule has 1 saturated heterocycles. The Morgan fingerprint density at radius 1 is 1.38 bits per heavy atom. The molecule has 0 saturated carbocycles. The molecule has 1 fully saturated rings. The van der Waals surface area contributed by atoms with Crippen LogP contribution in [-0.4, -0.2) is 35.2 Å². The number of aromatic amines is 1. The first-order chi connectivity index (χ1) is 7.63. The number of nitrogens with zero attached hydrogens (tertiary/aromatic N) is 1. The summed E-state index contributed by atoms with van der Waals surface area (Å²) in [4.78, 5) is 16.0. The van der Waals surface area contributed by atoms with Crippen molar-refractivity contribution in [1.29, 1.82) is 0 Å². The molecule has 0 amide bonds. The fraction of sp³-hybridized carbons (Fsp3) is 0.583. The molecule has 4 nitrogen and oxygen atoms in total. The van der Waals surface area contributed by atoms with E-state index in [9.17, 15) is 4.79 Å². The summed E-state index contributed by atoms with van der Waals surface area (Å²) in [6.07, 6.45) is 2.35. The zero-order valence-corrected chi connectivity index (χ0v) is 9.77. The molecule has 0 radical (unpaired) electrons. The van der Waals surface area contributed by atoms with Crippen LogP contribution < -0.4 is 5.56 Å². The Balaban J connectivity index is 1.98. The summed E-state index contributed by atoms with van der Waals surface area (Å²) in [7, 11) is 0. The van der Waals surface area contributed by atoms with Crippen molar-refractivity contribution in [2.45, 2.75) is 32.6 Å². The second kappa shape index (κ2) is 4.80. The van der Waals surface area contributed by atoms with Crippen LogP contribution in [0.25, 0.3) is 0 Å². The van der Waals surface area contributed by atoms with E-state index in [1.807, 2.05) is 6.07 Å². The fourth-order valence-electron chi connectivity index (χ4n) is 2.21. The van der Waals surface area contributed by atoms with Crippen molar-refractivity contribution in [2.75, 3.05) is 13.1 Å². The lowest BCUT2D eigenvalue weighted by Crippen LogP contribution is -2.44. The van der Waals surface area contributed by atoms with Gasteiger partial charge >= 0.3 is 0 Å². The van der Waals surface area contributed by atoms with E-state index in [-0.39, 0.29) is 17.8 Å². The van der Waals surface area contributed by atoms with E-state index in [2.05, 4.69) is 23.7 Å². The standard InChI is InChI=1S/C12H18N2O2/c1-9-6-14(7-10(2)16-9)8-11-3-4-12(15)13-5-11/h3-5,9-10H,6-8H2,1-2H3,(H,13,15)/t9-,10+. The number of H-pyrrole nitrogens is 1. The molecule has 1 N–H and O–H groups in total. The van der Waals surface area contributed by atoms with Crippen LogP contribution in [0.15, 0.2) is 23.1 Å². The summed E-state index contributed by atoms with van der Waals surface area (Å²) < 4.78 is 5.67. The van der Waals surface area contributed by atoms with Crippen molar-refractivity contribution in [3.8, 4) is 0 Å². The Kier molecular flexibility index (Phi) is 3.41. The monoisotopic (exact) mass is 222 g/mol. The van der Waals surface area contributed by atoms with Gasteiger partial charge in [-0.05, 0) is 19.4 Å². The maximum atomic E-state index is 10.9. The quantitative estimate of drug-likeness (QED) is 0.811. The van der Waals surface area contributed by atoms with Gasteiger partial charge < -0.3 is 9.72 Å². The van der Waals surface area contributed by atoms with Gasteiger partial charge in [0.25, 0.3) is 0 Å². The normalized spacial score (nSPS) is 26.9. The Morgan fingerprint density at radius 2 is 2.06 bits per heavy atom. The molecule has 0 aliphatic carbocycles. The largest absolute Gasteiger partial charge is 0.373 e. The summed E-state index contributed by atoms with van der Waals surface area (Å²) in [6.45, 7) is 6.95. The fourth-order valence-corrected chi connectivity index (χ4v) is 2.21. The molecular formula is C12H18N2O2. The molecule has 0 aromatic carbocycles. The molecule has 0 spiro atoms. The summed E-state index contributed by atoms with van der Waals surface area (Å²) in [5.41, 5.74) is 1.09. The van der Waals surface area contributed by atoms with Gasteiger partial charge in [-0.2, -0.15) is 0 Å². The number of hydrogen-bond acceptors (Lipinski definition) is 3. The van der Waals surface area contributed by atoms with Crippen molar-refractivity contribution in [3.63, 3.8) is 0 Å². The third-order valence-electron chi connectivity index (χ3n) is 2.75. The first-order valence-corrected chi connectivity index (χ1v) is 5.69. The molecule has 1 aromatic heterocycles. The van der Waals surface area contributed by atoms with Gasteiger partial charge in [0.2, 0.25) is 5.56 Å². The van der Waals surface area contributed by atoms with Gasteiger partial charge in [-0.15, -0.1) is 0 Å². The van der Waals surface area contributed by atoms with Gasteiger partial charge in [0.05, 0.1) is 12.2 Å². The van der Waals surface area contributed by atoms with Gasteiger partial charge in [-0.1, -0.05) is 6.07 Å². The molecule has 0 unspecified atom stereocenters. The highest BCUT2D eigenvalue weighted by molar-refractivity contribution is 5.08. The summed E-state index contributed by atoms with van der Waals surface area (Å²) >= 11 is 0. The van der Waals surface area contributed by atoms with E-state index in [0.717, 1.165) is 25.2 Å². The minimum absolute atomic E-state index is 0.0486. The third-order valence-corrected chi connectivity index (χ3v) is 2.75. The molecular weight excluding hydrogens is 204 g/mol. The van der Waals surface area contributed by atoms with Crippen LogP contribution in [0.4, 0.5) is 0 Å². The predicted molar refractivity (Wildman–Crippen MR) is 62.3 cm³/mol. The second-order valence-corrected chi connectivity index (χ2v) is 4.51. The van der Waals surface area contributed by atoms with Crippen LogP contribution >= 0.6 is 0 Å². The molecule has 1 aromatic rings. The minimum Gasteiger partial charge on any atom is -0.373 e. The molecule has 2 rings (SSSR count). The van der Waals surface area contributed by atoms with E-state index in [1.54, 1.807) is 12.3 Å². The molecule has 16 heavy (non-hydrogen) atoms. The van der Waals surface area contributed by atoms with E-state index < -0.39 is 0 Å². The maximum Gasteiger partial charge on any atom is 0.247 e. The van der Waals surface area contributed by atoms with Crippen molar-refractivity contribution in [1.82, 2.24) is 9.88 Å². The number of ether oxygens (including phenoxy) is 1. The van der Waals surface area contributed by atoms with Crippen LogP contribution in [0, 0.1) is 0 Å². The number of pyridine rings is 1. The van der Waals surface area contributed by atoms with Crippen LogP contribution in [0.1, 0.15) is 19.4 Å². The van der Waals surface area contributed by atoms with Crippen LogP contribution in [-0.2, 0) is 11.3 Å². The molecule has 2 atom stereocenters. The van der Waals surface area contributed by atoms with Crippen LogP contribution in [0.2, 0.25) is 0 Å². The van der Waals surface area contributed by atoms with Gasteiger partial charge in [0, 0.05) is 31.9 Å². The Labute approximate surface area is 95.2 Å². The van der Waals surface area contributed by atoms with Crippen molar-refractivity contribution in [3.05, 3.63) is 34.2 Å². The maximum absolute atomic E-state index is 10.9. The highest BCUT2D eigenvalue weighted by Gasteiger charge is 2.21. The van der Waals surface area contributed by atoms with E-state index in [1.165, 1.54) is 0 Å². The van der Waals surface area contributed by atoms with E-state index in [0.29, 0.717) is 0 Å². The first-order valence-electron chi connectivity index (χ1n) is 5.69. The average molecular weight is 222 g/mol. The van der Waals surface area contributed by atoms with Gasteiger partial charge in [0.15, 0.2) is 0 Å². The molecule has 88 valence electrons. The number of rotatable bonds is 2. The van der Waals surface area contributed by atoms with Crippen molar-refractivity contribution >= 4 is 0 Å². The van der Waals surface area contributed by atoms with Crippen LogP contribution in [0.5, 0.6) is 0 Å². The first kappa shape index (κ1) is 11.4. The highest BCUT2D eigenvalue weighted by atomic mass is 16.5. The predicted octanol–water partition coefficient (Wildman–Crippen LogP) is 0.984. The lowest BCUT2D eigenvalue weighted by molar-refractivity contribution is -0.0705. The Hall–Kier alpha value is -1.13. The molecule has 4 heteroatoms. The summed E-state index contributed by atoms with van der Waals surface area (Å²) in [5, 5.41) is 0. The zero-order valence-electron chi connectivity index (χ0n) is 9.77. The number of nitrogens with one attached hydrogen (secondary N) is 1. The lowest BCUT2D eigenvalue weighted by atomic mass is 10.2. The van der Waals surface area contributed by atoms with E-state index >= 15 is 0 Å². The number of morpholine rings is 1. The SMILES string of the molecule is C[C@@H]1CN(Cc2ccc(=O)[nH]c2)C[C@H](C)O1. The Bertz CT molecular complexity index is 372.